The molecule has 0 aliphatic heterocycles. The SMILES string of the molecule is Cc1nn(COCC[Si](C)(C)C)c(C)c1-c1ccc(NC(=O)C(c2cnn(C(CF)CF)c2C(N)=O)C(C2CCCCC2)C2CCCCC2)nc1F. The van der Waals surface area contributed by atoms with Crippen molar-refractivity contribution in [2.24, 2.45) is 23.5 Å². The quantitative estimate of drug-likeness (QED) is 0.0863. The van der Waals surface area contributed by atoms with Crippen LogP contribution in [0.5, 0.6) is 0 Å². The van der Waals surface area contributed by atoms with E-state index in [1.54, 1.807) is 16.8 Å². The maximum Gasteiger partial charge on any atom is 0.267 e. The van der Waals surface area contributed by atoms with Gasteiger partial charge in [0.1, 0.15) is 37.6 Å². The highest BCUT2D eigenvalue weighted by Crippen LogP contribution is 2.48. The number of carbonyl (C=O) groups excluding carboxylic acids is 2. The molecule has 0 spiro atoms. The first-order valence-corrected chi connectivity index (χ1v) is 22.6. The minimum Gasteiger partial charge on any atom is -0.364 e. The average Bonchev–Trinajstić information content (AvgIpc) is 3.66. The van der Waals surface area contributed by atoms with Crippen LogP contribution in [0.4, 0.5) is 19.0 Å². The lowest BCUT2D eigenvalue weighted by atomic mass is 9.63. The Morgan fingerprint density at radius 2 is 1.62 bits per heavy atom. The van der Waals surface area contributed by atoms with E-state index in [1.807, 2.05) is 13.8 Å². The first-order chi connectivity index (χ1) is 24.8. The number of hydrogen-bond donors (Lipinski definition) is 2. The summed E-state index contributed by atoms with van der Waals surface area (Å²) in [5.74, 6) is -2.88. The van der Waals surface area contributed by atoms with Crippen molar-refractivity contribution < 1.29 is 27.5 Å². The number of ether oxygens (including phenoxy) is 1. The Balaban J connectivity index is 1.49. The minimum absolute atomic E-state index is 0.0121. The van der Waals surface area contributed by atoms with E-state index in [4.69, 9.17) is 10.5 Å². The van der Waals surface area contributed by atoms with Gasteiger partial charge in [0.2, 0.25) is 11.9 Å². The summed E-state index contributed by atoms with van der Waals surface area (Å²) in [6, 6.07) is 2.82. The van der Waals surface area contributed by atoms with Crippen LogP contribution in [-0.4, -0.2) is 64.4 Å². The number of nitrogens with zero attached hydrogens (tertiary/aromatic N) is 5. The number of pyridine rings is 1. The van der Waals surface area contributed by atoms with Gasteiger partial charge in [0.25, 0.3) is 5.91 Å². The second-order valence-corrected chi connectivity index (χ2v) is 21.6. The molecule has 3 aromatic heterocycles. The number of nitrogens with one attached hydrogen (secondary N) is 1. The molecule has 286 valence electrons. The number of amides is 2. The number of alkyl halides is 2. The Hall–Kier alpha value is -3.52. The third kappa shape index (κ3) is 9.15. The molecule has 0 aromatic carbocycles. The lowest BCUT2D eigenvalue weighted by Gasteiger charge is -2.41. The smallest absolute Gasteiger partial charge is 0.267 e. The number of anilines is 1. The van der Waals surface area contributed by atoms with Crippen molar-refractivity contribution in [2.45, 2.75) is 122 Å². The Morgan fingerprint density at radius 3 is 2.15 bits per heavy atom. The van der Waals surface area contributed by atoms with Gasteiger partial charge in [-0.2, -0.15) is 14.6 Å². The number of halogens is 3. The van der Waals surface area contributed by atoms with Gasteiger partial charge in [-0.15, -0.1) is 0 Å². The molecule has 3 aromatic rings. The Morgan fingerprint density at radius 1 is 1.00 bits per heavy atom. The highest BCUT2D eigenvalue weighted by molar-refractivity contribution is 6.76. The summed E-state index contributed by atoms with van der Waals surface area (Å²) in [5.41, 5.74) is 8.18. The van der Waals surface area contributed by atoms with E-state index in [2.05, 4.69) is 40.1 Å². The Labute approximate surface area is 306 Å². The van der Waals surface area contributed by atoms with Crippen molar-refractivity contribution >= 4 is 25.7 Å². The number of primary amides is 1. The fraction of sp³-hybridized carbons (Fsp3) is 0.658. The number of nitrogens with two attached hydrogens (primary N) is 1. The number of carbonyl (C=O) groups is 2. The summed E-state index contributed by atoms with van der Waals surface area (Å²) in [7, 11) is -1.25. The zero-order chi connectivity index (χ0) is 37.6. The van der Waals surface area contributed by atoms with E-state index >= 15 is 4.39 Å². The van der Waals surface area contributed by atoms with Gasteiger partial charge in [-0.3, -0.25) is 14.3 Å². The van der Waals surface area contributed by atoms with Crippen molar-refractivity contribution in [3.8, 4) is 11.1 Å². The third-order valence-corrected chi connectivity index (χ3v) is 12.8. The molecule has 14 heteroatoms. The van der Waals surface area contributed by atoms with Crippen molar-refractivity contribution in [3.63, 3.8) is 0 Å². The van der Waals surface area contributed by atoms with E-state index in [-0.39, 0.29) is 47.1 Å². The largest absolute Gasteiger partial charge is 0.364 e. The summed E-state index contributed by atoms with van der Waals surface area (Å²) in [5, 5.41) is 11.7. The van der Waals surface area contributed by atoms with Gasteiger partial charge in [0.15, 0.2) is 0 Å². The zero-order valence-electron chi connectivity index (χ0n) is 31.4. The van der Waals surface area contributed by atoms with Crippen LogP contribution in [0.2, 0.25) is 25.7 Å². The summed E-state index contributed by atoms with van der Waals surface area (Å²) in [6.07, 6.45) is 11.4. The van der Waals surface area contributed by atoms with E-state index in [1.165, 1.54) is 6.20 Å². The van der Waals surface area contributed by atoms with Gasteiger partial charge in [-0.05, 0) is 49.8 Å². The minimum atomic E-state index is -1.35. The third-order valence-electron chi connectivity index (χ3n) is 11.1. The van der Waals surface area contributed by atoms with Crippen LogP contribution >= 0.6 is 0 Å². The molecule has 0 saturated heterocycles. The highest BCUT2D eigenvalue weighted by Gasteiger charge is 2.44. The molecule has 0 radical (unpaired) electrons. The molecular weight excluding hydrogens is 688 g/mol. The van der Waals surface area contributed by atoms with Crippen LogP contribution in [0, 0.1) is 37.5 Å². The summed E-state index contributed by atoms with van der Waals surface area (Å²) < 4.78 is 52.4. The number of rotatable bonds is 16. The molecule has 1 unspecified atom stereocenters. The molecule has 1 atom stereocenters. The monoisotopic (exact) mass is 743 g/mol. The number of hydrogen-bond acceptors (Lipinski definition) is 6. The van der Waals surface area contributed by atoms with Crippen molar-refractivity contribution in [1.82, 2.24) is 24.5 Å². The number of aryl methyl sites for hydroxylation is 1. The van der Waals surface area contributed by atoms with Gasteiger partial charge in [0.05, 0.1) is 17.8 Å². The number of aromatic nitrogens is 5. The van der Waals surface area contributed by atoms with Crippen molar-refractivity contribution in [2.75, 3.05) is 25.3 Å². The van der Waals surface area contributed by atoms with Gasteiger partial charge >= 0.3 is 0 Å². The highest BCUT2D eigenvalue weighted by atomic mass is 28.3. The lowest BCUT2D eigenvalue weighted by molar-refractivity contribution is -0.120. The van der Waals surface area contributed by atoms with Crippen molar-refractivity contribution in [3.05, 3.63) is 46.9 Å². The fourth-order valence-corrected chi connectivity index (χ4v) is 9.19. The van der Waals surface area contributed by atoms with Gasteiger partial charge in [-0.25, -0.2) is 18.4 Å². The van der Waals surface area contributed by atoms with Gasteiger partial charge in [0, 0.05) is 37.1 Å². The fourth-order valence-electron chi connectivity index (χ4n) is 8.43. The van der Waals surface area contributed by atoms with Gasteiger partial charge in [-0.1, -0.05) is 83.8 Å². The Bertz CT molecular complexity index is 1660. The van der Waals surface area contributed by atoms with E-state index in [0.717, 1.165) is 80.6 Å². The second-order valence-electron chi connectivity index (χ2n) is 16.0. The molecule has 52 heavy (non-hydrogen) atoms. The summed E-state index contributed by atoms with van der Waals surface area (Å²) >= 11 is 0. The molecule has 10 nitrogen and oxygen atoms in total. The van der Waals surface area contributed by atoms with Crippen LogP contribution in [-0.2, 0) is 16.3 Å². The topological polar surface area (TPSA) is 130 Å². The average molecular weight is 744 g/mol. The molecule has 2 saturated carbocycles. The molecule has 2 fully saturated rings. The predicted octanol–water partition coefficient (Wildman–Crippen LogP) is 8.29. The van der Waals surface area contributed by atoms with E-state index < -0.39 is 51.1 Å². The van der Waals surface area contributed by atoms with E-state index in [0.29, 0.717) is 17.9 Å². The molecule has 5 rings (SSSR count). The summed E-state index contributed by atoms with van der Waals surface area (Å²) in [6.45, 7) is 9.23. The molecule has 3 N–H and O–H groups in total. The van der Waals surface area contributed by atoms with Crippen LogP contribution in [0.3, 0.4) is 0 Å². The van der Waals surface area contributed by atoms with E-state index in [9.17, 15) is 18.4 Å². The predicted molar refractivity (Wildman–Crippen MR) is 199 cm³/mol. The molecule has 2 amide bonds. The van der Waals surface area contributed by atoms with Crippen LogP contribution < -0.4 is 11.1 Å². The van der Waals surface area contributed by atoms with Crippen LogP contribution in [0.25, 0.3) is 11.1 Å². The zero-order valence-corrected chi connectivity index (χ0v) is 32.4. The lowest BCUT2D eigenvalue weighted by Crippen LogP contribution is -2.39. The summed E-state index contributed by atoms with van der Waals surface area (Å²) in [4.78, 5) is 31.8. The normalized spacial score (nSPS) is 16.9. The van der Waals surface area contributed by atoms with Gasteiger partial charge < -0.3 is 15.8 Å². The van der Waals surface area contributed by atoms with Crippen LogP contribution in [0.15, 0.2) is 18.3 Å². The maximum atomic E-state index is 15.9. The van der Waals surface area contributed by atoms with Crippen molar-refractivity contribution in [1.29, 1.82) is 0 Å². The second kappa shape index (κ2) is 17.5. The maximum absolute atomic E-state index is 15.9. The first-order valence-electron chi connectivity index (χ1n) is 18.9. The molecule has 2 aliphatic rings. The Kier molecular flexibility index (Phi) is 13.4. The molecule has 3 heterocycles. The molecule has 2 aliphatic carbocycles. The first kappa shape index (κ1) is 39.7. The molecular formula is C38H56F3N7O3Si. The molecule has 0 bridgehead atoms. The standard InChI is InChI=1S/C38H56F3N7O3Si/c1-24-32(25(2)47(46-24)23-51-18-19-52(3,4)5)29-16-17-31(44-36(29)41)45-38(50)34(30-22-43-48(28(20-39)21-40)35(30)37(42)49)33(26-12-8-6-9-13-26)27-14-10-7-11-15-27/h16-17,22,26-28,33-34H,6-15,18-21,23H2,1-5H3,(H2,42,49)(H,44,45,50). The van der Waals surface area contributed by atoms with Crippen LogP contribution in [0.1, 0.15) is 104 Å².